The van der Waals surface area contributed by atoms with Crippen molar-refractivity contribution >= 4 is 5.78 Å². The third-order valence-electron chi connectivity index (χ3n) is 3.24. The molecule has 0 N–H and O–H groups in total. The fourth-order valence-corrected chi connectivity index (χ4v) is 2.10. The molecule has 0 radical (unpaired) electrons. The van der Waals surface area contributed by atoms with Crippen LogP contribution in [-0.2, 0) is 19.5 Å². The van der Waals surface area contributed by atoms with Crippen LogP contribution in [-0.4, -0.2) is 25.1 Å². The lowest BCUT2D eigenvalue weighted by molar-refractivity contribution is 0.101. The Bertz CT molecular complexity index is 595. The van der Waals surface area contributed by atoms with Gasteiger partial charge < -0.3 is 4.57 Å². The molecule has 0 aliphatic heterocycles. The minimum atomic E-state index is 0.0000893. The molecule has 2 aromatic rings. The van der Waals surface area contributed by atoms with Gasteiger partial charge in [-0.1, -0.05) is 6.92 Å². The van der Waals surface area contributed by atoms with Gasteiger partial charge in [0.2, 0.25) is 0 Å². The van der Waals surface area contributed by atoms with Crippen LogP contribution in [0.4, 0.5) is 0 Å². The molecule has 0 aromatic carbocycles. The predicted molar refractivity (Wildman–Crippen MR) is 73.3 cm³/mol. The van der Waals surface area contributed by atoms with E-state index in [0.29, 0.717) is 12.2 Å². The van der Waals surface area contributed by atoms with Gasteiger partial charge in [-0.25, -0.2) is 4.98 Å². The first-order valence-corrected chi connectivity index (χ1v) is 6.65. The van der Waals surface area contributed by atoms with Crippen LogP contribution in [0.1, 0.15) is 48.5 Å². The highest BCUT2D eigenvalue weighted by Gasteiger charge is 2.11. The molecule has 0 saturated carbocycles. The minimum Gasteiger partial charge on any atom is -0.328 e. The Labute approximate surface area is 113 Å². The standard InChI is InChI=1S/C14H20N4O/c1-5-12-7-13(18(6-2)16-12)8-17-9-14(10(3)19)15-11(17)4/h7,9H,5-6,8H2,1-4H3. The first-order chi connectivity index (χ1) is 9.05. The van der Waals surface area contributed by atoms with Gasteiger partial charge in [-0.15, -0.1) is 0 Å². The maximum Gasteiger partial charge on any atom is 0.179 e. The summed E-state index contributed by atoms with van der Waals surface area (Å²) in [7, 11) is 0. The van der Waals surface area contributed by atoms with Crippen molar-refractivity contribution in [2.45, 2.75) is 47.2 Å². The highest BCUT2D eigenvalue weighted by molar-refractivity contribution is 5.91. The van der Waals surface area contributed by atoms with Gasteiger partial charge in [0.1, 0.15) is 11.5 Å². The van der Waals surface area contributed by atoms with Crippen LogP contribution in [0.25, 0.3) is 0 Å². The SMILES string of the molecule is CCc1cc(Cn2cc(C(C)=O)nc2C)n(CC)n1. The first kappa shape index (κ1) is 13.5. The van der Waals surface area contributed by atoms with Crippen LogP contribution in [0.3, 0.4) is 0 Å². The predicted octanol–water partition coefficient (Wildman–Crippen LogP) is 2.22. The monoisotopic (exact) mass is 260 g/mol. The lowest BCUT2D eigenvalue weighted by Crippen LogP contribution is -2.08. The number of aryl methyl sites for hydroxylation is 3. The van der Waals surface area contributed by atoms with E-state index in [-0.39, 0.29) is 5.78 Å². The van der Waals surface area contributed by atoms with Crippen LogP contribution >= 0.6 is 0 Å². The summed E-state index contributed by atoms with van der Waals surface area (Å²) in [6.07, 6.45) is 2.75. The molecular weight excluding hydrogens is 240 g/mol. The fourth-order valence-electron chi connectivity index (χ4n) is 2.10. The van der Waals surface area contributed by atoms with E-state index in [1.807, 2.05) is 22.4 Å². The lowest BCUT2D eigenvalue weighted by Gasteiger charge is -2.06. The maximum atomic E-state index is 11.3. The van der Waals surface area contributed by atoms with Gasteiger partial charge in [0.05, 0.1) is 17.9 Å². The third kappa shape index (κ3) is 2.75. The van der Waals surface area contributed by atoms with Crippen LogP contribution in [0.5, 0.6) is 0 Å². The molecule has 19 heavy (non-hydrogen) atoms. The number of carbonyl (C=O) groups is 1. The van der Waals surface area contributed by atoms with Crippen molar-refractivity contribution in [3.05, 3.63) is 35.2 Å². The van der Waals surface area contributed by atoms with E-state index in [2.05, 4.69) is 30.0 Å². The number of hydrogen-bond acceptors (Lipinski definition) is 3. The molecule has 0 atom stereocenters. The van der Waals surface area contributed by atoms with Crippen LogP contribution < -0.4 is 0 Å². The highest BCUT2D eigenvalue weighted by Crippen LogP contribution is 2.11. The second-order valence-electron chi connectivity index (χ2n) is 4.65. The summed E-state index contributed by atoms with van der Waals surface area (Å²) in [5, 5.41) is 4.53. The van der Waals surface area contributed by atoms with Crippen molar-refractivity contribution in [2.75, 3.05) is 0 Å². The molecule has 0 fully saturated rings. The molecule has 0 unspecified atom stereocenters. The van der Waals surface area contributed by atoms with Crippen LogP contribution in [0.15, 0.2) is 12.3 Å². The quantitative estimate of drug-likeness (QED) is 0.775. The molecule has 0 saturated heterocycles. The van der Waals surface area contributed by atoms with E-state index >= 15 is 0 Å². The van der Waals surface area contributed by atoms with Crippen molar-refractivity contribution in [1.82, 2.24) is 19.3 Å². The number of Topliss-reactive ketones (excluding diaryl/α,β-unsaturated/α-hetero) is 1. The normalized spacial score (nSPS) is 10.9. The van der Waals surface area contributed by atoms with Crippen molar-refractivity contribution < 1.29 is 4.79 Å². The third-order valence-corrected chi connectivity index (χ3v) is 3.24. The van der Waals surface area contributed by atoms with E-state index < -0.39 is 0 Å². The first-order valence-electron chi connectivity index (χ1n) is 6.65. The second-order valence-corrected chi connectivity index (χ2v) is 4.65. The van der Waals surface area contributed by atoms with E-state index in [4.69, 9.17) is 0 Å². The Morgan fingerprint density at radius 1 is 1.37 bits per heavy atom. The summed E-state index contributed by atoms with van der Waals surface area (Å²) in [6, 6.07) is 2.12. The fraction of sp³-hybridized carbons (Fsp3) is 0.500. The number of imidazole rings is 1. The van der Waals surface area contributed by atoms with E-state index in [1.54, 1.807) is 0 Å². The highest BCUT2D eigenvalue weighted by atomic mass is 16.1. The number of ketones is 1. The average Bonchev–Trinajstić information content (AvgIpc) is 2.94. The van der Waals surface area contributed by atoms with Crippen molar-refractivity contribution in [3.8, 4) is 0 Å². The van der Waals surface area contributed by atoms with Crippen molar-refractivity contribution in [2.24, 2.45) is 0 Å². The number of carbonyl (C=O) groups excluding carboxylic acids is 1. The van der Waals surface area contributed by atoms with Gasteiger partial charge in [-0.05, 0) is 26.3 Å². The van der Waals surface area contributed by atoms with Gasteiger partial charge in [0, 0.05) is 19.7 Å². The summed E-state index contributed by atoms with van der Waals surface area (Å²) < 4.78 is 4.01. The summed E-state index contributed by atoms with van der Waals surface area (Å²) in [4.78, 5) is 15.6. The van der Waals surface area contributed by atoms with Gasteiger partial charge in [0.15, 0.2) is 5.78 Å². The van der Waals surface area contributed by atoms with Crippen molar-refractivity contribution in [1.29, 1.82) is 0 Å². The molecule has 102 valence electrons. The molecule has 5 heteroatoms. The van der Waals surface area contributed by atoms with E-state index in [9.17, 15) is 4.79 Å². The van der Waals surface area contributed by atoms with Gasteiger partial charge >= 0.3 is 0 Å². The van der Waals surface area contributed by atoms with E-state index in [0.717, 1.165) is 30.2 Å². The Morgan fingerprint density at radius 3 is 2.63 bits per heavy atom. The van der Waals surface area contributed by atoms with Gasteiger partial charge in [-0.3, -0.25) is 9.48 Å². The van der Waals surface area contributed by atoms with Crippen LogP contribution in [0.2, 0.25) is 0 Å². The second kappa shape index (κ2) is 5.38. The molecular formula is C14H20N4O. The Hall–Kier alpha value is -1.91. The zero-order valence-electron chi connectivity index (χ0n) is 12.0. The number of aromatic nitrogens is 4. The maximum absolute atomic E-state index is 11.3. The molecule has 2 rings (SSSR count). The van der Waals surface area contributed by atoms with Crippen molar-refractivity contribution in [3.63, 3.8) is 0 Å². The zero-order valence-corrected chi connectivity index (χ0v) is 12.0. The molecule has 0 amide bonds. The average molecular weight is 260 g/mol. The van der Waals surface area contributed by atoms with Crippen LogP contribution in [0, 0.1) is 6.92 Å². The molecule has 5 nitrogen and oxygen atoms in total. The topological polar surface area (TPSA) is 52.7 Å². The Balaban J connectivity index is 2.30. The Morgan fingerprint density at radius 2 is 2.11 bits per heavy atom. The molecule has 0 spiro atoms. The molecule has 2 aromatic heterocycles. The van der Waals surface area contributed by atoms with Gasteiger partial charge in [0.25, 0.3) is 0 Å². The molecule has 0 aliphatic rings. The lowest BCUT2D eigenvalue weighted by atomic mass is 10.3. The molecule has 2 heterocycles. The Kier molecular flexibility index (Phi) is 3.83. The summed E-state index contributed by atoms with van der Waals surface area (Å²) in [5.41, 5.74) is 2.77. The number of hydrogen-bond donors (Lipinski definition) is 0. The molecule has 0 bridgehead atoms. The van der Waals surface area contributed by atoms with Gasteiger partial charge in [-0.2, -0.15) is 5.10 Å². The summed E-state index contributed by atoms with van der Waals surface area (Å²) >= 11 is 0. The van der Waals surface area contributed by atoms with E-state index in [1.165, 1.54) is 6.92 Å². The minimum absolute atomic E-state index is 0.0000893. The largest absolute Gasteiger partial charge is 0.328 e. The molecule has 0 aliphatic carbocycles. The number of rotatable bonds is 5. The number of nitrogens with zero attached hydrogens (tertiary/aromatic N) is 4. The smallest absolute Gasteiger partial charge is 0.179 e. The zero-order chi connectivity index (χ0) is 14.0. The summed E-state index contributed by atoms with van der Waals surface area (Å²) in [5.74, 6) is 0.854. The summed E-state index contributed by atoms with van der Waals surface area (Å²) in [6.45, 7) is 9.19.